The predicted octanol–water partition coefficient (Wildman–Crippen LogP) is 3.09. The lowest BCUT2D eigenvalue weighted by atomic mass is 10.1. The highest BCUT2D eigenvalue weighted by Gasteiger charge is 2.14. The number of amides is 1. The standard InChI is InChI=1S/C20H26N2O5S/c1-13(2)27-18-10-9-15(11-19(18)26-4)12-21-20(23)16-7-6-8-17(14(16)3)22-28(5,24)25/h6-11,13,22H,12H2,1-5H3,(H,21,23). The van der Waals surface area contributed by atoms with E-state index < -0.39 is 10.0 Å². The van der Waals surface area contributed by atoms with Gasteiger partial charge in [-0.2, -0.15) is 0 Å². The van der Waals surface area contributed by atoms with Gasteiger partial charge in [-0.25, -0.2) is 8.42 Å². The van der Waals surface area contributed by atoms with Crippen LogP contribution in [-0.2, 0) is 16.6 Å². The van der Waals surface area contributed by atoms with E-state index in [0.717, 1.165) is 11.8 Å². The summed E-state index contributed by atoms with van der Waals surface area (Å²) in [5, 5.41) is 2.85. The van der Waals surface area contributed by atoms with Crippen LogP contribution in [0.15, 0.2) is 36.4 Å². The Morgan fingerprint density at radius 2 is 1.86 bits per heavy atom. The smallest absolute Gasteiger partial charge is 0.251 e. The SMILES string of the molecule is COc1cc(CNC(=O)c2cccc(NS(C)(=O)=O)c2C)ccc1OC(C)C. The number of hydrogen-bond acceptors (Lipinski definition) is 5. The van der Waals surface area contributed by atoms with Gasteiger partial charge in [-0.3, -0.25) is 9.52 Å². The minimum Gasteiger partial charge on any atom is -0.493 e. The lowest BCUT2D eigenvalue weighted by Gasteiger charge is -2.15. The highest BCUT2D eigenvalue weighted by molar-refractivity contribution is 7.92. The summed E-state index contributed by atoms with van der Waals surface area (Å²) in [5.41, 5.74) is 2.19. The van der Waals surface area contributed by atoms with Gasteiger partial charge in [0.1, 0.15) is 0 Å². The Hall–Kier alpha value is -2.74. The second-order valence-corrected chi connectivity index (χ2v) is 8.44. The quantitative estimate of drug-likeness (QED) is 0.703. The molecule has 2 N–H and O–H groups in total. The van der Waals surface area contributed by atoms with Crippen molar-refractivity contribution in [2.45, 2.75) is 33.4 Å². The van der Waals surface area contributed by atoms with Crippen LogP contribution in [0.5, 0.6) is 11.5 Å². The van der Waals surface area contributed by atoms with Gasteiger partial charge in [0, 0.05) is 12.1 Å². The molecule has 2 aromatic rings. The number of methoxy groups -OCH3 is 1. The fourth-order valence-corrected chi connectivity index (χ4v) is 3.26. The van der Waals surface area contributed by atoms with Crippen molar-refractivity contribution < 1.29 is 22.7 Å². The first-order valence-electron chi connectivity index (χ1n) is 8.80. The molecule has 0 saturated heterocycles. The van der Waals surface area contributed by atoms with Gasteiger partial charge in [0.2, 0.25) is 10.0 Å². The number of anilines is 1. The van der Waals surface area contributed by atoms with E-state index in [4.69, 9.17) is 9.47 Å². The van der Waals surface area contributed by atoms with E-state index in [9.17, 15) is 13.2 Å². The molecule has 0 radical (unpaired) electrons. The summed E-state index contributed by atoms with van der Waals surface area (Å²) >= 11 is 0. The lowest BCUT2D eigenvalue weighted by Crippen LogP contribution is -2.24. The van der Waals surface area contributed by atoms with Gasteiger partial charge >= 0.3 is 0 Å². The van der Waals surface area contributed by atoms with E-state index in [1.54, 1.807) is 32.2 Å². The van der Waals surface area contributed by atoms with Gasteiger partial charge in [0.25, 0.3) is 5.91 Å². The average Bonchev–Trinajstić information content (AvgIpc) is 2.60. The third kappa shape index (κ3) is 5.88. The molecular weight excluding hydrogens is 380 g/mol. The molecular formula is C20H26N2O5S. The summed E-state index contributed by atoms with van der Waals surface area (Å²) in [6.07, 6.45) is 1.09. The topological polar surface area (TPSA) is 93.7 Å². The van der Waals surface area contributed by atoms with Gasteiger partial charge in [-0.05, 0) is 56.2 Å². The van der Waals surface area contributed by atoms with Crippen LogP contribution in [0.2, 0.25) is 0 Å². The van der Waals surface area contributed by atoms with E-state index in [1.807, 2.05) is 32.0 Å². The third-order valence-electron chi connectivity index (χ3n) is 3.92. The molecule has 0 fully saturated rings. The summed E-state index contributed by atoms with van der Waals surface area (Å²) < 4.78 is 36.4. The zero-order chi connectivity index (χ0) is 20.9. The fourth-order valence-electron chi connectivity index (χ4n) is 2.64. The van der Waals surface area contributed by atoms with E-state index in [-0.39, 0.29) is 12.0 Å². The molecule has 0 unspecified atom stereocenters. The monoisotopic (exact) mass is 406 g/mol. The highest BCUT2D eigenvalue weighted by atomic mass is 32.2. The van der Waals surface area contributed by atoms with E-state index in [1.165, 1.54) is 0 Å². The van der Waals surface area contributed by atoms with Crippen molar-refractivity contribution >= 4 is 21.6 Å². The van der Waals surface area contributed by atoms with Gasteiger partial charge in [0.15, 0.2) is 11.5 Å². The minimum absolute atomic E-state index is 0.0234. The number of rotatable bonds is 8. The molecule has 0 bridgehead atoms. The number of carbonyl (C=O) groups excluding carboxylic acids is 1. The Morgan fingerprint density at radius 1 is 1.14 bits per heavy atom. The zero-order valence-electron chi connectivity index (χ0n) is 16.7. The minimum atomic E-state index is -3.43. The summed E-state index contributed by atoms with van der Waals surface area (Å²) in [5.74, 6) is 0.940. The van der Waals surface area contributed by atoms with Crippen LogP contribution in [0, 0.1) is 6.92 Å². The Bertz CT molecular complexity index is 955. The number of ether oxygens (including phenoxy) is 2. The van der Waals surface area contributed by atoms with Crippen LogP contribution >= 0.6 is 0 Å². The summed E-state index contributed by atoms with van der Waals surface area (Å²) in [4.78, 5) is 12.6. The highest BCUT2D eigenvalue weighted by Crippen LogP contribution is 2.29. The van der Waals surface area contributed by atoms with E-state index in [2.05, 4.69) is 10.0 Å². The van der Waals surface area contributed by atoms with Gasteiger partial charge < -0.3 is 14.8 Å². The Labute approximate surface area is 166 Å². The van der Waals surface area contributed by atoms with Crippen molar-refractivity contribution in [3.05, 3.63) is 53.1 Å². The van der Waals surface area contributed by atoms with Crippen molar-refractivity contribution in [1.29, 1.82) is 0 Å². The van der Waals surface area contributed by atoms with Crippen LogP contribution in [0.25, 0.3) is 0 Å². The Morgan fingerprint density at radius 3 is 2.46 bits per heavy atom. The van der Waals surface area contributed by atoms with E-state index >= 15 is 0 Å². The maximum absolute atomic E-state index is 12.6. The maximum atomic E-state index is 12.6. The fraction of sp³-hybridized carbons (Fsp3) is 0.350. The Balaban J connectivity index is 2.13. The Kier molecular flexibility index (Phi) is 6.90. The summed E-state index contributed by atoms with van der Waals surface area (Å²) in [6, 6.07) is 10.4. The molecule has 0 aromatic heterocycles. The molecule has 0 heterocycles. The largest absolute Gasteiger partial charge is 0.493 e. The molecule has 0 saturated carbocycles. The molecule has 28 heavy (non-hydrogen) atoms. The van der Waals surface area contributed by atoms with Crippen LogP contribution in [-0.4, -0.2) is 33.8 Å². The van der Waals surface area contributed by atoms with Gasteiger partial charge in [-0.15, -0.1) is 0 Å². The lowest BCUT2D eigenvalue weighted by molar-refractivity contribution is 0.0950. The molecule has 0 atom stereocenters. The molecule has 7 nitrogen and oxygen atoms in total. The van der Waals surface area contributed by atoms with Crippen molar-refractivity contribution in [2.75, 3.05) is 18.1 Å². The van der Waals surface area contributed by atoms with Crippen molar-refractivity contribution in [2.24, 2.45) is 0 Å². The molecule has 0 aliphatic rings. The number of nitrogens with one attached hydrogen (secondary N) is 2. The van der Waals surface area contributed by atoms with Crippen molar-refractivity contribution in [3.8, 4) is 11.5 Å². The zero-order valence-corrected chi connectivity index (χ0v) is 17.5. The molecule has 0 spiro atoms. The second-order valence-electron chi connectivity index (χ2n) is 6.69. The predicted molar refractivity (Wildman–Crippen MR) is 110 cm³/mol. The molecule has 152 valence electrons. The van der Waals surface area contributed by atoms with Gasteiger partial charge in [-0.1, -0.05) is 12.1 Å². The summed E-state index contributed by atoms with van der Waals surface area (Å²) in [6.45, 7) is 5.86. The number of benzene rings is 2. The molecule has 2 aromatic carbocycles. The average molecular weight is 407 g/mol. The third-order valence-corrected chi connectivity index (χ3v) is 4.51. The van der Waals surface area contributed by atoms with Crippen LogP contribution in [0.1, 0.15) is 35.3 Å². The van der Waals surface area contributed by atoms with E-state index in [0.29, 0.717) is 34.9 Å². The number of hydrogen-bond donors (Lipinski definition) is 2. The first-order valence-corrected chi connectivity index (χ1v) is 10.7. The number of carbonyl (C=O) groups is 1. The van der Waals surface area contributed by atoms with Crippen LogP contribution in [0.3, 0.4) is 0 Å². The normalized spacial score (nSPS) is 11.2. The molecule has 1 amide bonds. The maximum Gasteiger partial charge on any atom is 0.251 e. The van der Waals surface area contributed by atoms with Crippen molar-refractivity contribution in [1.82, 2.24) is 5.32 Å². The van der Waals surface area contributed by atoms with Gasteiger partial charge in [0.05, 0.1) is 25.2 Å². The summed E-state index contributed by atoms with van der Waals surface area (Å²) in [7, 11) is -1.86. The molecule has 0 aliphatic heterocycles. The first kappa shape index (κ1) is 21.6. The molecule has 8 heteroatoms. The first-order chi connectivity index (χ1) is 13.1. The van der Waals surface area contributed by atoms with Crippen molar-refractivity contribution in [3.63, 3.8) is 0 Å². The second kappa shape index (κ2) is 8.97. The van der Waals surface area contributed by atoms with Crippen LogP contribution < -0.4 is 19.5 Å². The van der Waals surface area contributed by atoms with Crippen LogP contribution in [0.4, 0.5) is 5.69 Å². The molecule has 2 rings (SSSR count). The molecule has 0 aliphatic carbocycles. The number of sulfonamides is 1.